The molecule has 3 rings (SSSR count). The number of hydrogen-bond donors (Lipinski definition) is 1. The molecule has 1 N–H and O–H groups in total. The highest BCUT2D eigenvalue weighted by molar-refractivity contribution is 7.71. The molecule has 0 aliphatic heterocycles. The first kappa shape index (κ1) is 10.9. The van der Waals surface area contributed by atoms with Crippen molar-refractivity contribution < 1.29 is 4.42 Å². The molecule has 0 atom stereocenters. The van der Waals surface area contributed by atoms with Crippen LogP contribution in [0.4, 0.5) is 0 Å². The van der Waals surface area contributed by atoms with Gasteiger partial charge in [-0.05, 0) is 36.5 Å². The van der Waals surface area contributed by atoms with Gasteiger partial charge in [0.15, 0.2) is 4.77 Å². The number of aromatic amines is 1. The quantitative estimate of drug-likeness (QED) is 0.716. The van der Waals surface area contributed by atoms with Gasteiger partial charge in [-0.3, -0.25) is 9.36 Å². The lowest BCUT2D eigenvalue weighted by molar-refractivity contribution is 0.487. The molecule has 0 aliphatic rings. The summed E-state index contributed by atoms with van der Waals surface area (Å²) in [4.78, 5) is 19.3. The van der Waals surface area contributed by atoms with Gasteiger partial charge in [0.1, 0.15) is 11.4 Å². The normalized spacial score (nSPS) is 10.9. The molecule has 3 heterocycles. The summed E-state index contributed by atoms with van der Waals surface area (Å²) in [6.07, 6.45) is 3.18. The zero-order valence-corrected chi connectivity index (χ0v) is 10.1. The molecule has 18 heavy (non-hydrogen) atoms. The summed E-state index contributed by atoms with van der Waals surface area (Å²) in [5.41, 5.74) is 0.335. The van der Waals surface area contributed by atoms with Crippen molar-refractivity contribution in [3.8, 4) is 0 Å². The molecule has 0 saturated carbocycles. The van der Waals surface area contributed by atoms with E-state index in [-0.39, 0.29) is 5.56 Å². The van der Waals surface area contributed by atoms with Crippen LogP contribution in [0.2, 0.25) is 0 Å². The van der Waals surface area contributed by atoms with Crippen molar-refractivity contribution in [3.05, 3.63) is 57.6 Å². The van der Waals surface area contributed by atoms with Gasteiger partial charge >= 0.3 is 0 Å². The van der Waals surface area contributed by atoms with Crippen LogP contribution in [-0.4, -0.2) is 14.5 Å². The lowest BCUT2D eigenvalue weighted by atomic mass is 10.3. The van der Waals surface area contributed by atoms with Crippen LogP contribution in [0.5, 0.6) is 0 Å². The molecule has 90 valence electrons. The maximum atomic E-state index is 12.3. The molecule has 0 fully saturated rings. The van der Waals surface area contributed by atoms with Gasteiger partial charge in [-0.2, -0.15) is 0 Å². The van der Waals surface area contributed by atoms with Gasteiger partial charge in [0.25, 0.3) is 5.56 Å². The van der Waals surface area contributed by atoms with Crippen molar-refractivity contribution in [2.24, 2.45) is 0 Å². The lowest BCUT2D eigenvalue weighted by Gasteiger charge is -2.05. The van der Waals surface area contributed by atoms with E-state index in [0.29, 0.717) is 28.1 Å². The second-order valence-electron chi connectivity index (χ2n) is 3.80. The highest BCUT2D eigenvalue weighted by atomic mass is 32.1. The monoisotopic (exact) mass is 259 g/mol. The largest absolute Gasteiger partial charge is 0.467 e. The number of fused-ring (bicyclic) bond motifs is 1. The van der Waals surface area contributed by atoms with E-state index in [4.69, 9.17) is 16.6 Å². The number of pyridine rings is 1. The number of nitrogens with zero attached hydrogens (tertiary/aromatic N) is 2. The van der Waals surface area contributed by atoms with Crippen molar-refractivity contribution in [2.45, 2.75) is 6.54 Å². The van der Waals surface area contributed by atoms with E-state index < -0.39 is 0 Å². The van der Waals surface area contributed by atoms with E-state index in [1.807, 2.05) is 0 Å². The van der Waals surface area contributed by atoms with E-state index in [1.165, 1.54) is 4.57 Å². The van der Waals surface area contributed by atoms with Crippen LogP contribution in [-0.2, 0) is 6.54 Å². The molecule has 0 bridgehead atoms. The Bertz CT molecular complexity index is 802. The van der Waals surface area contributed by atoms with Gasteiger partial charge in [0.2, 0.25) is 0 Å². The second kappa shape index (κ2) is 4.23. The molecule has 0 radical (unpaired) electrons. The summed E-state index contributed by atoms with van der Waals surface area (Å²) in [5.74, 6) is 0.680. The molecular formula is C12H9N3O2S. The summed E-state index contributed by atoms with van der Waals surface area (Å²) in [5, 5.41) is 0.512. The third-order valence-electron chi connectivity index (χ3n) is 2.65. The number of rotatable bonds is 2. The van der Waals surface area contributed by atoms with Crippen LogP contribution < -0.4 is 5.56 Å². The molecule has 6 heteroatoms. The molecule has 5 nitrogen and oxygen atoms in total. The van der Waals surface area contributed by atoms with Crippen molar-refractivity contribution >= 4 is 23.3 Å². The average Bonchev–Trinajstić information content (AvgIpc) is 2.87. The lowest BCUT2D eigenvalue weighted by Crippen LogP contribution is -2.22. The van der Waals surface area contributed by atoms with Gasteiger partial charge in [-0.15, -0.1) is 0 Å². The third-order valence-corrected chi connectivity index (χ3v) is 2.97. The van der Waals surface area contributed by atoms with Crippen LogP contribution in [0.3, 0.4) is 0 Å². The highest BCUT2D eigenvalue weighted by Crippen LogP contribution is 2.06. The summed E-state index contributed by atoms with van der Waals surface area (Å²) in [7, 11) is 0. The average molecular weight is 259 g/mol. The van der Waals surface area contributed by atoms with E-state index in [0.717, 1.165) is 0 Å². The molecular weight excluding hydrogens is 250 g/mol. The molecule has 0 amide bonds. The van der Waals surface area contributed by atoms with E-state index in [1.54, 1.807) is 36.7 Å². The third kappa shape index (κ3) is 1.76. The van der Waals surface area contributed by atoms with Gasteiger partial charge < -0.3 is 9.40 Å². The van der Waals surface area contributed by atoms with Crippen molar-refractivity contribution in [1.82, 2.24) is 14.5 Å². The Balaban J connectivity index is 2.23. The Hall–Kier alpha value is -2.21. The molecule has 0 aromatic carbocycles. The van der Waals surface area contributed by atoms with E-state index in [2.05, 4.69) is 9.97 Å². The van der Waals surface area contributed by atoms with Gasteiger partial charge in [-0.1, -0.05) is 0 Å². The fraction of sp³-hybridized carbons (Fsp3) is 0.0833. The van der Waals surface area contributed by atoms with Crippen LogP contribution in [0.25, 0.3) is 11.0 Å². The maximum Gasteiger partial charge on any atom is 0.264 e. The zero-order valence-electron chi connectivity index (χ0n) is 9.29. The smallest absolute Gasteiger partial charge is 0.264 e. The van der Waals surface area contributed by atoms with E-state index >= 15 is 0 Å². The first-order valence-corrected chi connectivity index (χ1v) is 5.77. The van der Waals surface area contributed by atoms with Crippen molar-refractivity contribution in [2.75, 3.05) is 0 Å². The Labute approximate surface area is 107 Å². The molecule has 0 unspecified atom stereocenters. The van der Waals surface area contributed by atoms with Crippen LogP contribution in [0.1, 0.15) is 5.76 Å². The summed E-state index contributed by atoms with van der Waals surface area (Å²) >= 11 is 5.17. The second-order valence-corrected chi connectivity index (χ2v) is 4.19. The SMILES string of the molecule is O=c1c2cccnc2[nH]c(=S)n1Cc1ccco1. The topological polar surface area (TPSA) is 63.8 Å². The molecule has 3 aromatic rings. The Morgan fingerprint density at radius 2 is 2.28 bits per heavy atom. The maximum absolute atomic E-state index is 12.3. The number of aromatic nitrogens is 3. The van der Waals surface area contributed by atoms with Gasteiger partial charge in [-0.25, -0.2) is 4.98 Å². The highest BCUT2D eigenvalue weighted by Gasteiger charge is 2.07. The number of H-pyrrole nitrogens is 1. The predicted molar refractivity (Wildman–Crippen MR) is 69.0 cm³/mol. The molecule has 0 aliphatic carbocycles. The van der Waals surface area contributed by atoms with Crippen LogP contribution >= 0.6 is 12.2 Å². The van der Waals surface area contributed by atoms with Gasteiger partial charge in [0.05, 0.1) is 18.2 Å². The van der Waals surface area contributed by atoms with Crippen molar-refractivity contribution in [3.63, 3.8) is 0 Å². The Kier molecular flexibility index (Phi) is 2.56. The number of furan rings is 1. The fourth-order valence-corrected chi connectivity index (χ4v) is 2.03. The van der Waals surface area contributed by atoms with Crippen LogP contribution in [0, 0.1) is 4.77 Å². The summed E-state index contributed by atoms with van der Waals surface area (Å²) in [6, 6.07) is 7.01. The fourth-order valence-electron chi connectivity index (χ4n) is 1.79. The minimum atomic E-state index is -0.168. The predicted octanol–water partition coefficient (Wildman–Crippen LogP) is 2.10. The number of hydrogen-bond acceptors (Lipinski definition) is 4. The first-order chi connectivity index (χ1) is 8.75. The summed E-state index contributed by atoms with van der Waals surface area (Å²) in [6.45, 7) is 0.312. The zero-order chi connectivity index (χ0) is 12.5. The number of nitrogens with one attached hydrogen (secondary N) is 1. The molecule has 0 spiro atoms. The Morgan fingerprint density at radius 3 is 3.06 bits per heavy atom. The molecule has 3 aromatic heterocycles. The minimum Gasteiger partial charge on any atom is -0.467 e. The molecule has 0 saturated heterocycles. The van der Waals surface area contributed by atoms with E-state index in [9.17, 15) is 4.79 Å². The Morgan fingerprint density at radius 1 is 1.39 bits per heavy atom. The minimum absolute atomic E-state index is 0.168. The summed E-state index contributed by atoms with van der Waals surface area (Å²) < 4.78 is 7.02. The van der Waals surface area contributed by atoms with Crippen LogP contribution in [0.15, 0.2) is 45.9 Å². The van der Waals surface area contributed by atoms with Gasteiger partial charge in [0, 0.05) is 6.20 Å². The standard InChI is InChI=1S/C12H9N3O2S/c16-11-9-4-1-5-13-10(9)14-12(18)15(11)7-8-3-2-6-17-8/h1-6H,7H2,(H,13,14,18). The first-order valence-electron chi connectivity index (χ1n) is 5.36. The van der Waals surface area contributed by atoms with Crippen molar-refractivity contribution in [1.29, 1.82) is 0 Å².